The summed E-state index contributed by atoms with van der Waals surface area (Å²) in [5, 5.41) is 8.19. The highest BCUT2D eigenvalue weighted by atomic mass is 19.4. The Bertz CT molecular complexity index is 280. The van der Waals surface area contributed by atoms with E-state index in [0.29, 0.717) is 0 Å². The molecule has 0 aromatic heterocycles. The number of halogens is 6. The molecule has 0 unspecified atom stereocenters. The van der Waals surface area contributed by atoms with Gasteiger partial charge in [-0.2, -0.15) is 26.3 Å². The Morgan fingerprint density at radius 1 is 1.06 bits per heavy atom. The molecule has 0 heterocycles. The fraction of sp³-hybridized carbons (Fsp3) is 0.714. The van der Waals surface area contributed by atoms with Gasteiger partial charge in [0.1, 0.15) is 5.71 Å². The molecule has 1 N–H and O–H groups in total. The number of hydrogen-bond acceptors (Lipinski definition) is 3. The molecular formula is C7H7F6NO2. The third-order valence-corrected chi connectivity index (χ3v) is 1.37. The quantitative estimate of drug-likeness (QED) is 0.608. The predicted octanol–water partition coefficient (Wildman–Crippen LogP) is 1.50. The summed E-state index contributed by atoms with van der Waals surface area (Å²) in [6.45, 7) is -1.46. The van der Waals surface area contributed by atoms with Gasteiger partial charge in [0.05, 0.1) is 19.6 Å². The van der Waals surface area contributed by atoms with Gasteiger partial charge in [0.15, 0.2) is 0 Å². The zero-order valence-corrected chi connectivity index (χ0v) is 7.69. The number of hydrogen-bond donors (Lipinski definition) is 1. The molecule has 0 amide bonds. The zero-order valence-electron chi connectivity index (χ0n) is 7.69. The number of carbonyl (C=O) groups excluding carboxylic acids is 1. The molecule has 0 aromatic carbocycles. The van der Waals surface area contributed by atoms with Crippen LogP contribution in [0.25, 0.3) is 0 Å². The van der Waals surface area contributed by atoms with Crippen LogP contribution in [-0.4, -0.2) is 42.1 Å². The monoisotopic (exact) mass is 251 g/mol. The number of aliphatic hydroxyl groups is 1. The average Bonchev–Trinajstić information content (AvgIpc) is 2.08. The lowest BCUT2D eigenvalue weighted by Gasteiger charge is -2.11. The van der Waals surface area contributed by atoms with Gasteiger partial charge in [-0.05, 0) is 0 Å². The SMILES string of the molecule is O=C(CC(=NCCO)C(F)(F)F)C(F)(F)F. The number of nitrogens with zero attached hydrogens (tertiary/aromatic N) is 1. The topological polar surface area (TPSA) is 49.7 Å². The molecule has 0 fully saturated rings. The van der Waals surface area contributed by atoms with Crippen molar-refractivity contribution in [2.24, 2.45) is 4.99 Å². The number of carbonyl (C=O) groups is 1. The summed E-state index contributed by atoms with van der Waals surface area (Å²) in [5.41, 5.74) is -1.84. The second kappa shape index (κ2) is 5.28. The van der Waals surface area contributed by atoms with Crippen molar-refractivity contribution in [3.8, 4) is 0 Å². The molecule has 0 aliphatic carbocycles. The van der Waals surface area contributed by atoms with Crippen LogP contribution in [0.2, 0.25) is 0 Å². The first-order chi connectivity index (χ1) is 7.09. The summed E-state index contributed by atoms with van der Waals surface area (Å²) in [6, 6.07) is 0. The molecule has 0 aliphatic heterocycles. The van der Waals surface area contributed by atoms with Crippen LogP contribution in [0.5, 0.6) is 0 Å². The maximum atomic E-state index is 12.1. The average molecular weight is 251 g/mol. The fourth-order valence-corrected chi connectivity index (χ4v) is 0.683. The van der Waals surface area contributed by atoms with Gasteiger partial charge < -0.3 is 5.11 Å². The van der Waals surface area contributed by atoms with Gasteiger partial charge in [0.25, 0.3) is 0 Å². The highest BCUT2D eigenvalue weighted by Gasteiger charge is 2.44. The van der Waals surface area contributed by atoms with Crippen molar-refractivity contribution in [3.63, 3.8) is 0 Å². The Hall–Kier alpha value is -1.12. The first-order valence-electron chi connectivity index (χ1n) is 3.90. The van der Waals surface area contributed by atoms with Crippen molar-refractivity contribution in [1.29, 1.82) is 0 Å². The van der Waals surface area contributed by atoms with Gasteiger partial charge in [0.2, 0.25) is 5.78 Å². The fourth-order valence-electron chi connectivity index (χ4n) is 0.683. The molecule has 0 saturated heterocycles. The summed E-state index contributed by atoms with van der Waals surface area (Å²) in [4.78, 5) is 13.0. The van der Waals surface area contributed by atoms with E-state index in [1.165, 1.54) is 0 Å². The first kappa shape index (κ1) is 14.9. The Morgan fingerprint density at radius 3 is 1.88 bits per heavy atom. The number of alkyl halides is 6. The molecule has 0 rings (SSSR count). The van der Waals surface area contributed by atoms with Crippen molar-refractivity contribution in [3.05, 3.63) is 0 Å². The second-order valence-electron chi connectivity index (χ2n) is 2.65. The van der Waals surface area contributed by atoms with E-state index in [4.69, 9.17) is 5.11 Å². The maximum Gasteiger partial charge on any atom is 0.450 e. The van der Waals surface area contributed by atoms with Crippen molar-refractivity contribution in [2.75, 3.05) is 13.2 Å². The van der Waals surface area contributed by atoms with E-state index in [-0.39, 0.29) is 0 Å². The van der Waals surface area contributed by atoms with Gasteiger partial charge in [-0.1, -0.05) is 0 Å². The van der Waals surface area contributed by atoms with Crippen LogP contribution in [0.15, 0.2) is 4.99 Å². The highest BCUT2D eigenvalue weighted by Crippen LogP contribution is 2.24. The maximum absolute atomic E-state index is 12.1. The smallest absolute Gasteiger partial charge is 0.394 e. The number of Topliss-reactive ketones (excluding diaryl/α,β-unsaturated/α-hetero) is 1. The Labute approximate surface area is 85.8 Å². The molecule has 0 saturated carbocycles. The minimum atomic E-state index is -5.33. The third kappa shape index (κ3) is 5.10. The van der Waals surface area contributed by atoms with Crippen molar-refractivity contribution >= 4 is 11.5 Å². The highest BCUT2D eigenvalue weighted by molar-refractivity contribution is 6.06. The summed E-state index contributed by atoms with van der Waals surface area (Å²) in [7, 11) is 0. The van der Waals surface area contributed by atoms with E-state index in [1.807, 2.05) is 0 Å². The van der Waals surface area contributed by atoms with E-state index in [1.54, 1.807) is 0 Å². The van der Waals surface area contributed by atoms with Crippen LogP contribution in [0.3, 0.4) is 0 Å². The van der Waals surface area contributed by atoms with Gasteiger partial charge in [-0.3, -0.25) is 9.79 Å². The van der Waals surface area contributed by atoms with E-state index >= 15 is 0 Å². The summed E-state index contributed by atoms with van der Waals surface area (Å²) in [6.07, 6.45) is -12.3. The molecule has 9 heteroatoms. The minimum Gasteiger partial charge on any atom is -0.394 e. The molecule has 0 atom stereocenters. The lowest BCUT2D eigenvalue weighted by Crippen LogP contribution is -2.32. The summed E-state index contributed by atoms with van der Waals surface area (Å²) < 4.78 is 71.3. The van der Waals surface area contributed by atoms with Gasteiger partial charge >= 0.3 is 12.4 Å². The van der Waals surface area contributed by atoms with Crippen molar-refractivity contribution in [2.45, 2.75) is 18.8 Å². The molecule has 0 aliphatic rings. The van der Waals surface area contributed by atoms with Crippen LogP contribution >= 0.6 is 0 Å². The molecule has 16 heavy (non-hydrogen) atoms. The molecular weight excluding hydrogens is 244 g/mol. The van der Waals surface area contributed by atoms with Crippen LogP contribution < -0.4 is 0 Å². The van der Waals surface area contributed by atoms with E-state index < -0.39 is 43.4 Å². The minimum absolute atomic E-state index is 0.708. The molecule has 0 bridgehead atoms. The second-order valence-corrected chi connectivity index (χ2v) is 2.65. The van der Waals surface area contributed by atoms with Crippen LogP contribution in [0, 0.1) is 0 Å². The standard InChI is InChI=1S/C7H7F6NO2/c8-6(9,10)4(14-1-2-15)3-5(16)7(11,12)13/h15H,1-3H2. The lowest BCUT2D eigenvalue weighted by molar-refractivity contribution is -0.170. The van der Waals surface area contributed by atoms with Crippen LogP contribution in [0.1, 0.15) is 6.42 Å². The van der Waals surface area contributed by atoms with Crippen molar-refractivity contribution < 1.29 is 36.2 Å². The largest absolute Gasteiger partial charge is 0.450 e. The van der Waals surface area contributed by atoms with Gasteiger partial charge in [0, 0.05) is 0 Å². The predicted molar refractivity (Wildman–Crippen MR) is 41.1 cm³/mol. The van der Waals surface area contributed by atoms with Crippen LogP contribution in [0.4, 0.5) is 26.3 Å². The zero-order chi connectivity index (χ0) is 13.0. The summed E-state index contributed by atoms with van der Waals surface area (Å²) in [5.74, 6) is -2.53. The molecule has 0 spiro atoms. The molecule has 0 radical (unpaired) electrons. The Morgan fingerprint density at radius 2 is 1.56 bits per heavy atom. The number of rotatable bonds is 4. The van der Waals surface area contributed by atoms with E-state index in [0.717, 1.165) is 0 Å². The van der Waals surface area contributed by atoms with Gasteiger partial charge in [-0.15, -0.1) is 0 Å². The Balaban J connectivity index is 4.77. The lowest BCUT2D eigenvalue weighted by atomic mass is 10.2. The molecule has 3 nitrogen and oxygen atoms in total. The van der Waals surface area contributed by atoms with E-state index in [9.17, 15) is 31.1 Å². The molecule has 0 aromatic rings. The number of aliphatic hydroxyl groups excluding tert-OH is 1. The van der Waals surface area contributed by atoms with E-state index in [2.05, 4.69) is 4.99 Å². The third-order valence-electron chi connectivity index (χ3n) is 1.37. The number of aliphatic imine (C=N–C) groups is 1. The molecule has 94 valence electrons. The Kier molecular flexibility index (Phi) is 4.91. The summed E-state index contributed by atoms with van der Waals surface area (Å²) >= 11 is 0. The number of ketones is 1. The first-order valence-corrected chi connectivity index (χ1v) is 3.90. The normalized spacial score (nSPS) is 14.1. The van der Waals surface area contributed by atoms with Crippen LogP contribution in [-0.2, 0) is 4.79 Å². The van der Waals surface area contributed by atoms with Gasteiger partial charge in [-0.25, -0.2) is 0 Å². The van der Waals surface area contributed by atoms with Crippen molar-refractivity contribution in [1.82, 2.24) is 0 Å².